The zero-order valence-corrected chi connectivity index (χ0v) is 15.7. The van der Waals surface area contributed by atoms with E-state index in [-0.39, 0.29) is 21.4 Å². The van der Waals surface area contributed by atoms with E-state index in [1.54, 1.807) is 18.2 Å². The number of nitrogens with one attached hydrogen (secondary N) is 1. The first-order valence-corrected chi connectivity index (χ1v) is 11.0. The second-order valence-corrected chi connectivity index (χ2v) is 9.22. The van der Waals surface area contributed by atoms with Crippen molar-refractivity contribution in [3.63, 3.8) is 0 Å². The molecule has 1 heterocycles. The number of hydrogen-bond donors (Lipinski definition) is 1. The van der Waals surface area contributed by atoms with E-state index in [4.69, 9.17) is 4.74 Å². The Labute approximate surface area is 156 Å². The summed E-state index contributed by atoms with van der Waals surface area (Å²) < 4.78 is 55.9. The molecule has 3 aromatic rings. The normalized spacial score (nSPS) is 11.7. The molecule has 27 heavy (non-hydrogen) atoms. The molecule has 0 unspecified atom stereocenters. The molecule has 0 fully saturated rings. The molecular weight excluding hydrogens is 390 g/mol. The van der Waals surface area contributed by atoms with Gasteiger partial charge in [0.05, 0.1) is 21.7 Å². The molecule has 8 nitrogen and oxygen atoms in total. The predicted molar refractivity (Wildman–Crippen MR) is 98.9 cm³/mol. The molecule has 0 radical (unpaired) electrons. The monoisotopic (exact) mass is 405 g/mol. The third-order valence-corrected chi connectivity index (χ3v) is 5.94. The summed E-state index contributed by atoms with van der Waals surface area (Å²) in [5, 5.41) is 0. The van der Waals surface area contributed by atoms with Crippen molar-refractivity contribution >= 4 is 25.5 Å². The third-order valence-electron chi connectivity index (χ3n) is 3.41. The van der Waals surface area contributed by atoms with Crippen molar-refractivity contribution in [3.05, 3.63) is 67.1 Å². The molecule has 0 aliphatic carbocycles. The first-order valence-electron chi connectivity index (χ1n) is 7.61. The van der Waals surface area contributed by atoms with Gasteiger partial charge in [0.15, 0.2) is 9.84 Å². The number of ether oxygens (including phenoxy) is 1. The molecule has 1 N–H and O–H groups in total. The van der Waals surface area contributed by atoms with Crippen LogP contribution in [-0.4, -0.2) is 33.1 Å². The molecule has 0 saturated carbocycles. The lowest BCUT2D eigenvalue weighted by atomic mass is 10.3. The van der Waals surface area contributed by atoms with E-state index in [0.29, 0.717) is 5.75 Å². The van der Waals surface area contributed by atoms with Gasteiger partial charge in [-0.2, -0.15) is 0 Å². The number of nitrogens with zero attached hydrogens (tertiary/aromatic N) is 2. The van der Waals surface area contributed by atoms with E-state index in [2.05, 4.69) is 14.7 Å². The Balaban J connectivity index is 1.80. The summed E-state index contributed by atoms with van der Waals surface area (Å²) in [6.45, 7) is 0. The number of sulfone groups is 1. The van der Waals surface area contributed by atoms with Crippen LogP contribution in [-0.2, 0) is 19.9 Å². The van der Waals surface area contributed by atoms with Crippen LogP contribution in [0.3, 0.4) is 0 Å². The Morgan fingerprint density at radius 1 is 0.926 bits per heavy atom. The minimum Gasteiger partial charge on any atom is -0.437 e. The van der Waals surface area contributed by atoms with Gasteiger partial charge in [0, 0.05) is 24.7 Å². The van der Waals surface area contributed by atoms with Crippen LogP contribution >= 0.6 is 0 Å². The first-order chi connectivity index (χ1) is 12.7. The molecule has 0 aliphatic rings. The van der Waals surface area contributed by atoms with Gasteiger partial charge in [-0.15, -0.1) is 0 Å². The molecule has 2 aromatic carbocycles. The van der Waals surface area contributed by atoms with Gasteiger partial charge < -0.3 is 4.74 Å². The first kappa shape index (κ1) is 18.8. The highest BCUT2D eigenvalue weighted by atomic mass is 32.2. The van der Waals surface area contributed by atoms with E-state index < -0.39 is 19.9 Å². The van der Waals surface area contributed by atoms with Gasteiger partial charge in [0.2, 0.25) is 5.88 Å². The van der Waals surface area contributed by atoms with Crippen LogP contribution in [0.15, 0.2) is 76.9 Å². The minimum atomic E-state index is -3.89. The van der Waals surface area contributed by atoms with Crippen molar-refractivity contribution in [2.75, 3.05) is 11.0 Å². The fourth-order valence-electron chi connectivity index (χ4n) is 2.16. The Hall–Kier alpha value is -2.98. The van der Waals surface area contributed by atoms with Crippen LogP contribution in [0.2, 0.25) is 0 Å². The van der Waals surface area contributed by atoms with Crippen LogP contribution in [0, 0.1) is 0 Å². The van der Waals surface area contributed by atoms with Crippen LogP contribution < -0.4 is 9.46 Å². The fourth-order valence-corrected chi connectivity index (χ4v) is 3.84. The Bertz CT molecular complexity index is 1150. The molecule has 0 aliphatic heterocycles. The number of hydrogen-bond acceptors (Lipinski definition) is 7. The highest BCUT2D eigenvalue weighted by Gasteiger charge is 2.16. The SMILES string of the molecule is CS(=O)(=O)c1ccc(S(=O)(=O)Nc2cccc(Oc3cnccn3)c2)cc1. The summed E-state index contributed by atoms with van der Waals surface area (Å²) in [7, 11) is -7.30. The van der Waals surface area contributed by atoms with E-state index >= 15 is 0 Å². The molecule has 0 bridgehead atoms. The van der Waals surface area contributed by atoms with Gasteiger partial charge in [-0.25, -0.2) is 21.8 Å². The lowest BCUT2D eigenvalue weighted by Gasteiger charge is -2.10. The molecule has 0 amide bonds. The summed E-state index contributed by atoms with van der Waals surface area (Å²) in [6.07, 6.45) is 5.46. The number of sulfonamides is 1. The fraction of sp³-hybridized carbons (Fsp3) is 0.0588. The standard InChI is InChI=1S/C17H15N3O5S2/c1-26(21,22)15-5-7-16(8-6-15)27(23,24)20-13-3-2-4-14(11-13)25-17-12-18-9-10-19-17/h2-12,20H,1H3. The maximum absolute atomic E-state index is 12.5. The molecule has 0 atom stereocenters. The van der Waals surface area contributed by atoms with E-state index in [9.17, 15) is 16.8 Å². The van der Waals surface area contributed by atoms with Crippen molar-refractivity contribution in [2.45, 2.75) is 9.79 Å². The number of aromatic nitrogens is 2. The largest absolute Gasteiger partial charge is 0.437 e. The van der Waals surface area contributed by atoms with Crippen molar-refractivity contribution in [1.29, 1.82) is 0 Å². The predicted octanol–water partition coefficient (Wildman–Crippen LogP) is 2.47. The Morgan fingerprint density at radius 3 is 2.26 bits per heavy atom. The van der Waals surface area contributed by atoms with Crippen molar-refractivity contribution < 1.29 is 21.6 Å². The molecule has 3 rings (SSSR count). The number of benzene rings is 2. The zero-order valence-electron chi connectivity index (χ0n) is 14.1. The number of rotatable bonds is 6. The third kappa shape index (κ3) is 4.80. The van der Waals surface area contributed by atoms with E-state index in [1.165, 1.54) is 48.9 Å². The average molecular weight is 405 g/mol. The molecule has 1 aromatic heterocycles. The molecule has 0 saturated heterocycles. The summed E-state index contributed by atoms with van der Waals surface area (Å²) in [5.41, 5.74) is 0.281. The van der Waals surface area contributed by atoms with Crippen molar-refractivity contribution in [3.8, 4) is 11.6 Å². The van der Waals surface area contributed by atoms with Crippen LogP contribution in [0.1, 0.15) is 0 Å². The minimum absolute atomic E-state index is 0.0424. The Morgan fingerprint density at radius 2 is 1.63 bits per heavy atom. The van der Waals surface area contributed by atoms with Gasteiger partial charge in [-0.05, 0) is 36.4 Å². The molecule has 10 heteroatoms. The van der Waals surface area contributed by atoms with Gasteiger partial charge in [0.25, 0.3) is 10.0 Å². The van der Waals surface area contributed by atoms with E-state index in [0.717, 1.165) is 6.26 Å². The molecule has 140 valence electrons. The second kappa shape index (κ2) is 7.33. The topological polar surface area (TPSA) is 115 Å². The number of anilines is 1. The zero-order chi connectivity index (χ0) is 19.5. The van der Waals surface area contributed by atoms with Crippen molar-refractivity contribution in [2.24, 2.45) is 0 Å². The quantitative estimate of drug-likeness (QED) is 0.670. The molecule has 0 spiro atoms. The van der Waals surface area contributed by atoms with Crippen LogP contribution in [0.5, 0.6) is 11.6 Å². The summed E-state index contributed by atoms with van der Waals surface area (Å²) in [5.74, 6) is 0.650. The summed E-state index contributed by atoms with van der Waals surface area (Å²) >= 11 is 0. The van der Waals surface area contributed by atoms with Crippen LogP contribution in [0.25, 0.3) is 0 Å². The Kier molecular flexibility index (Phi) is 5.10. The van der Waals surface area contributed by atoms with Gasteiger partial charge in [-0.3, -0.25) is 9.71 Å². The van der Waals surface area contributed by atoms with Gasteiger partial charge in [0.1, 0.15) is 5.75 Å². The second-order valence-electron chi connectivity index (χ2n) is 5.52. The summed E-state index contributed by atoms with van der Waals surface area (Å²) in [4.78, 5) is 7.85. The maximum atomic E-state index is 12.5. The lowest BCUT2D eigenvalue weighted by Crippen LogP contribution is -2.13. The smallest absolute Gasteiger partial charge is 0.261 e. The van der Waals surface area contributed by atoms with Crippen molar-refractivity contribution in [1.82, 2.24) is 9.97 Å². The highest BCUT2D eigenvalue weighted by Crippen LogP contribution is 2.24. The van der Waals surface area contributed by atoms with Gasteiger partial charge in [-0.1, -0.05) is 6.07 Å². The molecular formula is C17H15N3O5S2. The maximum Gasteiger partial charge on any atom is 0.261 e. The lowest BCUT2D eigenvalue weighted by molar-refractivity contribution is 0.460. The average Bonchev–Trinajstić information content (AvgIpc) is 2.62. The van der Waals surface area contributed by atoms with Gasteiger partial charge >= 0.3 is 0 Å². The summed E-state index contributed by atoms with van der Waals surface area (Å²) in [6, 6.07) is 11.3. The van der Waals surface area contributed by atoms with E-state index in [1.807, 2.05) is 0 Å². The van der Waals surface area contributed by atoms with Crippen LogP contribution in [0.4, 0.5) is 5.69 Å². The highest BCUT2D eigenvalue weighted by molar-refractivity contribution is 7.92.